The van der Waals surface area contributed by atoms with Crippen molar-refractivity contribution in [3.05, 3.63) is 66.0 Å². The van der Waals surface area contributed by atoms with Crippen LogP contribution in [0.25, 0.3) is 0 Å². The maximum atomic E-state index is 13.5. The van der Waals surface area contributed by atoms with Crippen molar-refractivity contribution >= 4 is 5.69 Å². The quantitative estimate of drug-likeness (QED) is 0.681. The van der Waals surface area contributed by atoms with Gasteiger partial charge in [0.05, 0.1) is 0 Å². The molecule has 26 heavy (non-hydrogen) atoms. The van der Waals surface area contributed by atoms with Crippen LogP contribution in [0.4, 0.5) is 10.1 Å². The van der Waals surface area contributed by atoms with Gasteiger partial charge in [0, 0.05) is 12.2 Å². The Morgan fingerprint density at radius 3 is 2.27 bits per heavy atom. The fraction of sp³-hybridized carbons (Fsp3) is 0.500. The zero-order valence-electron chi connectivity index (χ0n) is 15.4. The van der Waals surface area contributed by atoms with Gasteiger partial charge in [0.15, 0.2) is 0 Å². The van der Waals surface area contributed by atoms with Gasteiger partial charge in [-0.25, -0.2) is 4.39 Å². The first-order chi connectivity index (χ1) is 12.6. The molecule has 0 saturated heterocycles. The van der Waals surface area contributed by atoms with Crippen LogP contribution in [0.1, 0.15) is 50.5 Å². The minimum Gasteiger partial charge on any atom is -0.385 e. The van der Waals surface area contributed by atoms with Crippen molar-refractivity contribution in [2.45, 2.75) is 50.4 Å². The lowest BCUT2D eigenvalue weighted by molar-refractivity contribution is -0.0744. The highest BCUT2D eigenvalue weighted by molar-refractivity contribution is 5.42. The number of benzene rings is 2. The summed E-state index contributed by atoms with van der Waals surface area (Å²) in [6.07, 6.45) is 9.45. The maximum Gasteiger partial charge on any atom is 0.123 e. The summed E-state index contributed by atoms with van der Waals surface area (Å²) >= 11 is 0. The molecule has 0 heterocycles. The predicted molar refractivity (Wildman–Crippen MR) is 105 cm³/mol. The molecule has 4 fully saturated rings. The van der Waals surface area contributed by atoms with E-state index in [4.69, 9.17) is 0 Å². The van der Waals surface area contributed by atoms with Crippen molar-refractivity contribution < 1.29 is 4.39 Å². The van der Waals surface area contributed by atoms with Gasteiger partial charge in [0.25, 0.3) is 0 Å². The summed E-state index contributed by atoms with van der Waals surface area (Å²) in [5, 5.41) is 3.63. The second kappa shape index (κ2) is 6.11. The van der Waals surface area contributed by atoms with E-state index in [9.17, 15) is 4.39 Å². The first-order valence-electron chi connectivity index (χ1n) is 10.2. The van der Waals surface area contributed by atoms with Gasteiger partial charge in [-0.15, -0.1) is 0 Å². The van der Waals surface area contributed by atoms with Gasteiger partial charge < -0.3 is 5.32 Å². The molecule has 0 amide bonds. The van der Waals surface area contributed by atoms with E-state index < -0.39 is 0 Å². The molecule has 1 N–H and O–H groups in total. The van der Waals surface area contributed by atoms with Gasteiger partial charge in [-0.05, 0) is 97.4 Å². The van der Waals surface area contributed by atoms with Gasteiger partial charge in [-0.1, -0.05) is 30.3 Å². The summed E-state index contributed by atoms with van der Waals surface area (Å²) in [5.41, 5.74) is 3.42. The lowest BCUT2D eigenvalue weighted by atomic mass is 9.42. The van der Waals surface area contributed by atoms with Gasteiger partial charge in [-0.2, -0.15) is 0 Å². The highest BCUT2D eigenvalue weighted by atomic mass is 19.1. The van der Waals surface area contributed by atoms with Crippen molar-refractivity contribution in [1.82, 2.24) is 0 Å². The van der Waals surface area contributed by atoms with Crippen molar-refractivity contribution in [3.8, 4) is 0 Å². The van der Waals surface area contributed by atoms with Crippen LogP contribution < -0.4 is 5.32 Å². The van der Waals surface area contributed by atoms with Crippen molar-refractivity contribution in [3.63, 3.8) is 0 Å². The van der Waals surface area contributed by atoms with Crippen LogP contribution in [0.15, 0.2) is 54.6 Å². The van der Waals surface area contributed by atoms with Crippen LogP contribution >= 0.6 is 0 Å². The molecule has 2 aromatic rings. The number of hydrogen-bond acceptors (Lipinski definition) is 1. The van der Waals surface area contributed by atoms with Crippen LogP contribution in [-0.2, 0) is 5.41 Å². The Bertz CT molecular complexity index is 753. The van der Waals surface area contributed by atoms with E-state index >= 15 is 0 Å². The third-order valence-electron chi connectivity index (χ3n) is 7.40. The molecular formula is C24H28FN. The molecule has 0 radical (unpaired) electrons. The van der Waals surface area contributed by atoms with E-state index in [-0.39, 0.29) is 5.82 Å². The number of anilines is 1. The standard InChI is InChI=1S/C24H28FN/c25-21-8-6-20(7-9-21)24-15-18-12-19(16-24)14-23(13-18,17-24)10-11-26-22-4-2-1-3-5-22/h1-9,18-19,26H,10-17H2. The van der Waals surface area contributed by atoms with Crippen molar-refractivity contribution in [1.29, 1.82) is 0 Å². The average Bonchev–Trinajstić information content (AvgIpc) is 2.62. The van der Waals surface area contributed by atoms with Gasteiger partial charge >= 0.3 is 0 Å². The largest absolute Gasteiger partial charge is 0.385 e. The van der Waals surface area contributed by atoms with E-state index in [1.165, 1.54) is 56.2 Å². The summed E-state index contributed by atoms with van der Waals surface area (Å²) in [6, 6.07) is 18.0. The fourth-order valence-electron chi connectivity index (χ4n) is 6.91. The molecule has 2 unspecified atom stereocenters. The van der Waals surface area contributed by atoms with E-state index in [0.717, 1.165) is 18.4 Å². The van der Waals surface area contributed by atoms with E-state index in [0.29, 0.717) is 10.8 Å². The van der Waals surface area contributed by atoms with Crippen LogP contribution in [0.2, 0.25) is 0 Å². The number of rotatable bonds is 5. The first kappa shape index (κ1) is 16.4. The molecule has 6 rings (SSSR count). The molecule has 1 nitrogen and oxygen atoms in total. The first-order valence-corrected chi connectivity index (χ1v) is 10.2. The third-order valence-corrected chi connectivity index (χ3v) is 7.40. The van der Waals surface area contributed by atoms with E-state index in [1.54, 1.807) is 12.1 Å². The van der Waals surface area contributed by atoms with Crippen LogP contribution in [-0.4, -0.2) is 6.54 Å². The van der Waals surface area contributed by atoms with E-state index in [2.05, 4.69) is 47.8 Å². The molecule has 4 bridgehead atoms. The van der Waals surface area contributed by atoms with Crippen molar-refractivity contribution in [2.24, 2.45) is 17.3 Å². The SMILES string of the molecule is Fc1ccc(C23CC4CC(CC(CCNc5ccccc5)(C4)C2)C3)cc1. The number of nitrogens with one attached hydrogen (secondary N) is 1. The van der Waals surface area contributed by atoms with Crippen LogP contribution in [0, 0.1) is 23.1 Å². The molecule has 4 aliphatic carbocycles. The zero-order valence-corrected chi connectivity index (χ0v) is 15.4. The maximum absolute atomic E-state index is 13.5. The second-order valence-corrected chi connectivity index (χ2v) is 9.29. The normalized spacial score (nSPS) is 34.8. The summed E-state index contributed by atoms with van der Waals surface area (Å²) in [6.45, 7) is 1.06. The van der Waals surface area contributed by atoms with E-state index in [1.807, 2.05) is 0 Å². The van der Waals surface area contributed by atoms with Crippen LogP contribution in [0.3, 0.4) is 0 Å². The lowest BCUT2D eigenvalue weighted by Crippen LogP contribution is -2.54. The fourth-order valence-corrected chi connectivity index (χ4v) is 6.91. The monoisotopic (exact) mass is 349 g/mol. The van der Waals surface area contributed by atoms with Gasteiger partial charge in [-0.3, -0.25) is 0 Å². The molecule has 2 atom stereocenters. The highest BCUT2D eigenvalue weighted by Crippen LogP contribution is 2.66. The molecule has 4 aliphatic rings. The molecule has 0 spiro atoms. The van der Waals surface area contributed by atoms with Gasteiger partial charge in [0.2, 0.25) is 0 Å². The van der Waals surface area contributed by atoms with Crippen molar-refractivity contribution in [2.75, 3.05) is 11.9 Å². The Kier molecular flexibility index (Phi) is 3.84. The molecule has 0 aromatic heterocycles. The number of para-hydroxylation sites is 1. The minimum absolute atomic E-state index is 0.111. The van der Waals surface area contributed by atoms with Crippen LogP contribution in [0.5, 0.6) is 0 Å². The topological polar surface area (TPSA) is 12.0 Å². The average molecular weight is 349 g/mol. The lowest BCUT2D eigenvalue weighted by Gasteiger charge is -2.62. The Morgan fingerprint density at radius 2 is 1.58 bits per heavy atom. The summed E-state index contributed by atoms with van der Waals surface area (Å²) in [4.78, 5) is 0. The third kappa shape index (κ3) is 2.84. The zero-order chi connectivity index (χ0) is 17.6. The highest BCUT2D eigenvalue weighted by Gasteiger charge is 2.57. The number of halogens is 1. The van der Waals surface area contributed by atoms with Gasteiger partial charge in [0.1, 0.15) is 5.82 Å². The Balaban J connectivity index is 1.35. The molecular weight excluding hydrogens is 321 g/mol. The minimum atomic E-state index is -0.111. The summed E-state index contributed by atoms with van der Waals surface area (Å²) in [7, 11) is 0. The summed E-state index contributed by atoms with van der Waals surface area (Å²) in [5.74, 6) is 1.64. The molecule has 4 saturated carbocycles. The summed E-state index contributed by atoms with van der Waals surface area (Å²) < 4.78 is 13.5. The molecule has 2 heteroatoms. The second-order valence-electron chi connectivity index (χ2n) is 9.29. The molecule has 136 valence electrons. The predicted octanol–water partition coefficient (Wildman–Crippen LogP) is 6.17. The molecule has 0 aliphatic heterocycles. The Labute approximate surface area is 156 Å². The smallest absolute Gasteiger partial charge is 0.123 e. The molecule has 2 aromatic carbocycles. The number of hydrogen-bond donors (Lipinski definition) is 1. The Morgan fingerprint density at radius 1 is 0.885 bits per heavy atom. The Hall–Kier alpha value is -1.83.